The van der Waals surface area contributed by atoms with Gasteiger partial charge in [-0.05, 0) is 87.5 Å². The third kappa shape index (κ3) is 3.43. The van der Waals surface area contributed by atoms with Crippen LogP contribution in [0.2, 0.25) is 0 Å². The van der Waals surface area contributed by atoms with Gasteiger partial charge in [0.25, 0.3) is 5.91 Å². The predicted octanol–water partition coefficient (Wildman–Crippen LogP) is 6.02. The Morgan fingerprint density at radius 3 is 2.28 bits per heavy atom. The van der Waals surface area contributed by atoms with Crippen LogP contribution in [0.5, 0.6) is 0 Å². The lowest BCUT2D eigenvalue weighted by atomic mass is 9.48. The third-order valence-corrected chi connectivity index (χ3v) is 9.17. The molecule has 0 spiro atoms. The largest absolute Gasteiger partial charge is 0.348 e. The molecule has 0 radical (unpaired) electrons. The molecular formula is C25H32N2OS. The fraction of sp³-hybridized carbons (Fsp3) is 0.600. The van der Waals surface area contributed by atoms with Gasteiger partial charge in [-0.15, -0.1) is 11.3 Å². The molecule has 1 aromatic carbocycles. The van der Waals surface area contributed by atoms with E-state index >= 15 is 0 Å². The quantitative estimate of drug-likeness (QED) is 0.658. The Balaban J connectivity index is 1.32. The van der Waals surface area contributed by atoms with Crippen molar-refractivity contribution in [3.05, 3.63) is 40.4 Å². The lowest BCUT2D eigenvalue weighted by Crippen LogP contribution is -2.55. The molecule has 1 N–H and O–H groups in total. The maximum absolute atomic E-state index is 13.2. The number of rotatable bonds is 5. The summed E-state index contributed by atoms with van der Waals surface area (Å²) in [5.41, 5.74) is 3.61. The topological polar surface area (TPSA) is 42.0 Å². The molecular weight excluding hydrogens is 376 g/mol. The maximum Gasteiger partial charge on any atom is 0.263 e. The maximum atomic E-state index is 13.2. The van der Waals surface area contributed by atoms with Crippen molar-refractivity contribution in [3.63, 3.8) is 0 Å². The Hall–Kier alpha value is -1.68. The summed E-state index contributed by atoms with van der Waals surface area (Å²) < 4.78 is 0. The van der Waals surface area contributed by atoms with Crippen LogP contribution in [-0.4, -0.2) is 16.9 Å². The molecule has 6 rings (SSSR count). The fourth-order valence-electron chi connectivity index (χ4n) is 6.74. The van der Waals surface area contributed by atoms with Crippen molar-refractivity contribution in [1.29, 1.82) is 0 Å². The van der Waals surface area contributed by atoms with Crippen molar-refractivity contribution in [1.82, 2.24) is 10.3 Å². The molecule has 29 heavy (non-hydrogen) atoms. The van der Waals surface area contributed by atoms with Gasteiger partial charge < -0.3 is 5.32 Å². The Kier molecular flexibility index (Phi) is 4.81. The van der Waals surface area contributed by atoms with Gasteiger partial charge in [0.2, 0.25) is 0 Å². The molecule has 154 valence electrons. The minimum Gasteiger partial charge on any atom is -0.348 e. The highest BCUT2D eigenvalue weighted by Gasteiger charge is 2.53. The Morgan fingerprint density at radius 2 is 1.72 bits per heavy atom. The van der Waals surface area contributed by atoms with Crippen LogP contribution in [0, 0.1) is 30.1 Å². The van der Waals surface area contributed by atoms with E-state index in [1.54, 1.807) is 0 Å². The summed E-state index contributed by atoms with van der Waals surface area (Å²) >= 11 is 1.53. The lowest BCUT2D eigenvalue weighted by molar-refractivity contribution is -0.0687. The van der Waals surface area contributed by atoms with Crippen LogP contribution in [0.4, 0.5) is 0 Å². The van der Waals surface area contributed by atoms with Crippen molar-refractivity contribution < 1.29 is 4.79 Å². The van der Waals surface area contributed by atoms with Crippen LogP contribution in [0.1, 0.15) is 73.3 Å². The molecule has 2 aromatic rings. The second kappa shape index (κ2) is 7.23. The van der Waals surface area contributed by atoms with E-state index in [9.17, 15) is 4.79 Å². The predicted molar refractivity (Wildman–Crippen MR) is 119 cm³/mol. The number of hydrogen-bond donors (Lipinski definition) is 1. The van der Waals surface area contributed by atoms with Gasteiger partial charge >= 0.3 is 0 Å². The van der Waals surface area contributed by atoms with Crippen LogP contribution >= 0.6 is 11.3 Å². The standard InChI is InChI=1S/C25H32N2OS/c1-4-17-5-7-21(8-6-17)24-26-15(2)22(29-24)23(28)27-16(3)25-12-18-9-19(13-25)11-20(10-18)14-25/h5-8,16,18-20H,4,9-14H2,1-3H3,(H,27,28)/t16-,18?,19?,20?,25?/m1/s1. The molecule has 4 aliphatic carbocycles. The van der Waals surface area contributed by atoms with Crippen LogP contribution in [-0.2, 0) is 6.42 Å². The van der Waals surface area contributed by atoms with Gasteiger partial charge in [-0.1, -0.05) is 31.2 Å². The normalized spacial score (nSPS) is 31.1. The highest BCUT2D eigenvalue weighted by molar-refractivity contribution is 7.17. The first-order valence-corrected chi connectivity index (χ1v) is 12.1. The summed E-state index contributed by atoms with van der Waals surface area (Å²) in [5.74, 6) is 2.79. The minimum atomic E-state index is 0.0691. The summed E-state index contributed by atoms with van der Waals surface area (Å²) in [6.07, 6.45) is 9.30. The molecule has 1 heterocycles. The van der Waals surface area contributed by atoms with E-state index in [0.717, 1.165) is 45.3 Å². The van der Waals surface area contributed by atoms with E-state index in [2.05, 4.69) is 43.4 Å². The van der Waals surface area contributed by atoms with Gasteiger partial charge in [-0.2, -0.15) is 0 Å². The van der Waals surface area contributed by atoms with Crippen LogP contribution in [0.3, 0.4) is 0 Å². The van der Waals surface area contributed by atoms with Gasteiger partial charge in [-0.3, -0.25) is 4.79 Å². The van der Waals surface area contributed by atoms with Gasteiger partial charge in [0.15, 0.2) is 0 Å². The van der Waals surface area contributed by atoms with Gasteiger partial charge in [0.1, 0.15) is 9.88 Å². The highest BCUT2D eigenvalue weighted by Crippen LogP contribution is 2.61. The molecule has 4 fully saturated rings. The number of amides is 1. The minimum absolute atomic E-state index is 0.0691. The number of carbonyl (C=O) groups excluding carboxylic acids is 1. The van der Waals surface area contributed by atoms with Crippen LogP contribution in [0.25, 0.3) is 10.6 Å². The molecule has 0 saturated heterocycles. The number of aryl methyl sites for hydroxylation is 2. The number of nitrogens with zero attached hydrogens (tertiary/aromatic N) is 1. The first kappa shape index (κ1) is 19.3. The van der Waals surface area contributed by atoms with Crippen LogP contribution in [0.15, 0.2) is 24.3 Å². The average Bonchev–Trinajstić information content (AvgIpc) is 3.09. The second-order valence-corrected chi connectivity index (χ2v) is 11.0. The second-order valence-electron chi connectivity index (χ2n) is 9.96. The molecule has 1 amide bonds. The summed E-state index contributed by atoms with van der Waals surface area (Å²) in [5, 5.41) is 4.35. The van der Waals surface area contributed by atoms with Gasteiger partial charge in [-0.25, -0.2) is 4.98 Å². The van der Waals surface area contributed by atoms with E-state index in [0.29, 0.717) is 5.41 Å². The summed E-state index contributed by atoms with van der Waals surface area (Å²) in [6, 6.07) is 8.80. The Bertz CT molecular complexity index is 878. The average molecular weight is 409 g/mol. The zero-order chi connectivity index (χ0) is 20.2. The SMILES string of the molecule is CCc1ccc(-c2nc(C)c(C(=O)N[C@H](C)C34CC5CC(CC(C5)C3)C4)s2)cc1. The molecule has 3 nitrogen and oxygen atoms in total. The highest BCUT2D eigenvalue weighted by atomic mass is 32.1. The van der Waals surface area contributed by atoms with Crippen molar-refractivity contribution >= 4 is 17.2 Å². The Morgan fingerprint density at radius 1 is 1.14 bits per heavy atom. The summed E-state index contributed by atoms with van der Waals surface area (Å²) in [4.78, 5) is 18.7. The molecule has 0 unspecified atom stereocenters. The molecule has 4 saturated carbocycles. The number of carbonyl (C=O) groups is 1. The van der Waals surface area contributed by atoms with Crippen molar-refractivity contribution in [2.75, 3.05) is 0 Å². The van der Waals surface area contributed by atoms with E-state index in [1.165, 1.54) is 55.4 Å². The smallest absolute Gasteiger partial charge is 0.263 e. The Labute approximate surface area is 178 Å². The number of thiazole rings is 1. The fourth-order valence-corrected chi connectivity index (χ4v) is 7.71. The molecule has 4 aliphatic rings. The van der Waals surface area contributed by atoms with E-state index in [-0.39, 0.29) is 11.9 Å². The van der Waals surface area contributed by atoms with E-state index in [4.69, 9.17) is 4.98 Å². The molecule has 1 atom stereocenters. The zero-order valence-electron chi connectivity index (χ0n) is 17.8. The van der Waals surface area contributed by atoms with Crippen molar-refractivity contribution in [2.45, 2.75) is 71.8 Å². The van der Waals surface area contributed by atoms with E-state index < -0.39 is 0 Å². The zero-order valence-corrected chi connectivity index (χ0v) is 18.6. The molecule has 4 heteroatoms. The number of aromatic nitrogens is 1. The first-order valence-electron chi connectivity index (χ1n) is 11.3. The number of benzene rings is 1. The first-order chi connectivity index (χ1) is 14.0. The summed E-state index contributed by atoms with van der Waals surface area (Å²) in [6.45, 7) is 6.38. The third-order valence-electron chi connectivity index (χ3n) is 7.96. The van der Waals surface area contributed by atoms with Gasteiger partial charge in [0.05, 0.1) is 5.69 Å². The monoisotopic (exact) mass is 408 g/mol. The summed E-state index contributed by atoms with van der Waals surface area (Å²) in [7, 11) is 0. The van der Waals surface area contributed by atoms with Crippen LogP contribution < -0.4 is 5.32 Å². The molecule has 4 bridgehead atoms. The van der Waals surface area contributed by atoms with Crippen molar-refractivity contribution in [2.24, 2.45) is 23.2 Å². The lowest BCUT2D eigenvalue weighted by Gasteiger charge is -2.59. The molecule has 0 aliphatic heterocycles. The molecule has 1 aromatic heterocycles. The van der Waals surface area contributed by atoms with E-state index in [1.807, 2.05) is 6.92 Å². The number of hydrogen-bond acceptors (Lipinski definition) is 3. The van der Waals surface area contributed by atoms with Crippen molar-refractivity contribution in [3.8, 4) is 10.6 Å². The number of nitrogens with one attached hydrogen (secondary N) is 1. The van der Waals surface area contributed by atoms with Gasteiger partial charge in [0, 0.05) is 11.6 Å².